The van der Waals surface area contributed by atoms with Gasteiger partial charge in [-0.25, -0.2) is 0 Å². The molecule has 0 saturated heterocycles. The summed E-state index contributed by atoms with van der Waals surface area (Å²) in [6.07, 6.45) is 12.3. The van der Waals surface area contributed by atoms with Crippen LogP contribution in [0.1, 0.15) is 78.6 Å². The van der Waals surface area contributed by atoms with Crippen molar-refractivity contribution in [2.24, 2.45) is 5.41 Å². The van der Waals surface area contributed by atoms with Crippen LogP contribution in [0.5, 0.6) is 0 Å². The molecule has 0 unspecified atom stereocenters. The molecule has 2 heteroatoms. The van der Waals surface area contributed by atoms with Crippen LogP contribution >= 0.6 is 0 Å². The summed E-state index contributed by atoms with van der Waals surface area (Å²) in [6.45, 7) is 6.94. The number of unbranched alkanes of at least 4 members (excludes halogenated alkanes) is 6. The number of rotatable bonds is 11. The zero-order chi connectivity index (χ0) is 12.3. The van der Waals surface area contributed by atoms with Gasteiger partial charge in [0.2, 0.25) is 9.76 Å². The Morgan fingerprint density at radius 2 is 1.44 bits per heavy atom. The molecule has 0 fully saturated rings. The zero-order valence-electron chi connectivity index (χ0n) is 11.5. The third kappa shape index (κ3) is 10.7. The maximum atomic E-state index is 8.85. The molecule has 0 aliphatic heterocycles. The minimum absolute atomic E-state index is 0.136. The molecule has 0 aromatic heterocycles. The summed E-state index contributed by atoms with van der Waals surface area (Å²) in [5, 5.41) is 0. The molecule has 0 aromatic carbocycles. The zero-order valence-corrected chi connectivity index (χ0v) is 12.5. The second kappa shape index (κ2) is 10.3. The molecule has 16 heavy (non-hydrogen) atoms. The highest BCUT2D eigenvalue weighted by molar-refractivity contribution is 6.25. The van der Waals surface area contributed by atoms with Gasteiger partial charge in [-0.3, -0.25) is 0 Å². The van der Waals surface area contributed by atoms with Crippen LogP contribution in [-0.4, -0.2) is 14.6 Å². The summed E-state index contributed by atoms with van der Waals surface area (Å²) in [5.41, 5.74) is 0.444. The first-order valence-corrected chi connectivity index (χ1v) is 8.15. The van der Waals surface area contributed by atoms with Crippen molar-refractivity contribution in [1.29, 1.82) is 0 Å². The van der Waals surface area contributed by atoms with Crippen LogP contribution in [0, 0.1) is 5.41 Å². The van der Waals surface area contributed by atoms with Crippen LogP contribution < -0.4 is 0 Å². The summed E-state index contributed by atoms with van der Waals surface area (Å²) in [5.74, 6) is 0. The number of hydrogen-bond donors (Lipinski definition) is 1. The van der Waals surface area contributed by atoms with Gasteiger partial charge in [0.15, 0.2) is 0 Å². The summed E-state index contributed by atoms with van der Waals surface area (Å²) < 4.78 is 0. The van der Waals surface area contributed by atoms with Gasteiger partial charge in [0.05, 0.1) is 0 Å². The lowest BCUT2D eigenvalue weighted by atomic mass is 9.84. The average Bonchev–Trinajstić information content (AvgIpc) is 2.25. The summed E-state index contributed by atoms with van der Waals surface area (Å²) >= 11 is 0. The third-order valence-corrected chi connectivity index (χ3v) is 3.84. The summed E-state index contributed by atoms with van der Waals surface area (Å²) in [7, 11) is 0.136. The first-order chi connectivity index (χ1) is 7.62. The molecule has 2 radical (unpaired) electrons. The molecule has 0 bridgehead atoms. The highest BCUT2D eigenvalue weighted by Crippen LogP contribution is 2.29. The van der Waals surface area contributed by atoms with E-state index < -0.39 is 0 Å². The molecule has 0 spiro atoms. The van der Waals surface area contributed by atoms with Gasteiger partial charge in [0.1, 0.15) is 0 Å². The van der Waals surface area contributed by atoms with Crippen LogP contribution in [0.15, 0.2) is 0 Å². The lowest BCUT2D eigenvalue weighted by Gasteiger charge is -2.23. The van der Waals surface area contributed by atoms with E-state index in [1.807, 2.05) is 0 Å². The molecular formula is C14H30OSi. The normalized spacial score (nSPS) is 12.0. The summed E-state index contributed by atoms with van der Waals surface area (Å²) in [4.78, 5) is 8.85. The van der Waals surface area contributed by atoms with Crippen LogP contribution in [-0.2, 0) is 0 Å². The van der Waals surface area contributed by atoms with Crippen LogP contribution in [0.3, 0.4) is 0 Å². The predicted octanol–water partition coefficient (Wildman–Crippen LogP) is 4.57. The van der Waals surface area contributed by atoms with Gasteiger partial charge >= 0.3 is 0 Å². The van der Waals surface area contributed by atoms with Gasteiger partial charge in [-0.1, -0.05) is 65.7 Å². The quantitative estimate of drug-likeness (QED) is 0.415. The molecular weight excluding hydrogens is 212 g/mol. The Bertz CT molecular complexity index is 146. The van der Waals surface area contributed by atoms with E-state index in [9.17, 15) is 0 Å². The van der Waals surface area contributed by atoms with Gasteiger partial charge in [0.25, 0.3) is 0 Å². The van der Waals surface area contributed by atoms with Crippen LogP contribution in [0.2, 0.25) is 6.04 Å². The highest BCUT2D eigenvalue weighted by Gasteiger charge is 2.16. The second-order valence-electron chi connectivity index (χ2n) is 5.69. The third-order valence-electron chi connectivity index (χ3n) is 3.37. The predicted molar refractivity (Wildman–Crippen MR) is 73.8 cm³/mol. The van der Waals surface area contributed by atoms with E-state index in [0.29, 0.717) is 5.41 Å². The van der Waals surface area contributed by atoms with Crippen molar-refractivity contribution in [1.82, 2.24) is 0 Å². The van der Waals surface area contributed by atoms with Crippen molar-refractivity contribution in [2.75, 3.05) is 0 Å². The van der Waals surface area contributed by atoms with Gasteiger partial charge in [0, 0.05) is 0 Å². The van der Waals surface area contributed by atoms with Gasteiger partial charge in [-0.05, 0) is 24.3 Å². The Morgan fingerprint density at radius 3 is 2.00 bits per heavy atom. The SMILES string of the molecule is CCCCCCCCCC(C)(C)CC[Si]O. The van der Waals surface area contributed by atoms with E-state index in [4.69, 9.17) is 4.80 Å². The largest absolute Gasteiger partial charge is 0.432 e. The lowest BCUT2D eigenvalue weighted by Crippen LogP contribution is -2.12. The molecule has 0 heterocycles. The van der Waals surface area contributed by atoms with E-state index in [0.717, 1.165) is 6.04 Å². The standard InChI is InChI=1S/C14H30OSi/c1-4-5-6-7-8-9-10-11-14(2,3)12-13-16-15/h15H,4-13H2,1-3H3. The Balaban J connectivity index is 3.29. The first kappa shape index (κ1) is 16.2. The van der Waals surface area contributed by atoms with Gasteiger partial charge in [-0.15, -0.1) is 0 Å². The molecule has 0 aliphatic rings. The minimum atomic E-state index is 0.136. The van der Waals surface area contributed by atoms with Gasteiger partial charge < -0.3 is 4.80 Å². The molecule has 0 amide bonds. The fraction of sp³-hybridized carbons (Fsp3) is 1.00. The van der Waals surface area contributed by atoms with E-state index in [1.54, 1.807) is 0 Å². The highest BCUT2D eigenvalue weighted by atomic mass is 28.2. The summed E-state index contributed by atoms with van der Waals surface area (Å²) in [6, 6.07) is 0.990. The Morgan fingerprint density at radius 1 is 0.875 bits per heavy atom. The van der Waals surface area contributed by atoms with Gasteiger partial charge in [-0.2, -0.15) is 0 Å². The fourth-order valence-corrected chi connectivity index (χ4v) is 2.87. The van der Waals surface area contributed by atoms with E-state index >= 15 is 0 Å². The molecule has 1 nitrogen and oxygen atoms in total. The minimum Gasteiger partial charge on any atom is -0.432 e. The van der Waals surface area contributed by atoms with Crippen molar-refractivity contribution < 1.29 is 4.80 Å². The maximum Gasteiger partial charge on any atom is 0.224 e. The molecule has 0 rings (SSSR count). The lowest BCUT2D eigenvalue weighted by molar-refractivity contribution is 0.304. The van der Waals surface area contributed by atoms with Crippen molar-refractivity contribution in [2.45, 2.75) is 84.6 Å². The van der Waals surface area contributed by atoms with E-state index in [2.05, 4.69) is 20.8 Å². The average molecular weight is 242 g/mol. The molecule has 96 valence electrons. The molecule has 1 N–H and O–H groups in total. The Labute approximate surface area is 105 Å². The molecule has 0 atom stereocenters. The topological polar surface area (TPSA) is 20.2 Å². The molecule has 0 aliphatic carbocycles. The van der Waals surface area contributed by atoms with E-state index in [-0.39, 0.29) is 9.76 Å². The molecule has 0 saturated carbocycles. The van der Waals surface area contributed by atoms with Crippen molar-refractivity contribution in [3.05, 3.63) is 0 Å². The van der Waals surface area contributed by atoms with Crippen molar-refractivity contribution >= 4 is 9.76 Å². The molecule has 0 aromatic rings. The second-order valence-corrected chi connectivity index (χ2v) is 6.51. The van der Waals surface area contributed by atoms with E-state index in [1.165, 1.54) is 57.8 Å². The van der Waals surface area contributed by atoms with Crippen LogP contribution in [0.4, 0.5) is 0 Å². The first-order valence-electron chi connectivity index (χ1n) is 6.99. The Kier molecular flexibility index (Phi) is 10.5. The van der Waals surface area contributed by atoms with Crippen molar-refractivity contribution in [3.8, 4) is 0 Å². The Hall–Kier alpha value is 0.177. The van der Waals surface area contributed by atoms with Crippen molar-refractivity contribution in [3.63, 3.8) is 0 Å². The monoisotopic (exact) mass is 242 g/mol. The fourth-order valence-electron chi connectivity index (χ4n) is 2.08. The van der Waals surface area contributed by atoms with Crippen LogP contribution in [0.25, 0.3) is 0 Å². The number of hydrogen-bond acceptors (Lipinski definition) is 1. The smallest absolute Gasteiger partial charge is 0.224 e. The maximum absolute atomic E-state index is 8.85.